The number of hydrogen-bond acceptors (Lipinski definition) is 3. The quantitative estimate of drug-likeness (QED) is 0.674. The number of nitrogens with one attached hydrogen (secondary N) is 1. The van der Waals surface area contributed by atoms with Gasteiger partial charge in [0.1, 0.15) is 0 Å². The topological polar surface area (TPSA) is 35.5 Å². The van der Waals surface area contributed by atoms with Gasteiger partial charge in [-0.25, -0.2) is 0 Å². The van der Waals surface area contributed by atoms with Gasteiger partial charge in [-0.3, -0.25) is 0 Å². The van der Waals surface area contributed by atoms with E-state index in [0.29, 0.717) is 6.54 Å². The lowest BCUT2D eigenvalue weighted by molar-refractivity contribution is 0.0340. The van der Waals surface area contributed by atoms with Crippen molar-refractivity contribution < 1.29 is 5.11 Å². The molecule has 2 N–H and O–H groups in total. The van der Waals surface area contributed by atoms with Gasteiger partial charge in [0.2, 0.25) is 0 Å². The Bertz CT molecular complexity index is 173. The molecule has 0 aliphatic heterocycles. The molecule has 0 radical (unpaired) electrons. The minimum Gasteiger partial charge on any atom is -0.389 e. The zero-order valence-electron chi connectivity index (χ0n) is 11.2. The van der Waals surface area contributed by atoms with Gasteiger partial charge in [0.25, 0.3) is 0 Å². The fourth-order valence-electron chi connectivity index (χ4n) is 1.97. The highest BCUT2D eigenvalue weighted by Gasteiger charge is 2.22. The van der Waals surface area contributed by atoms with E-state index in [1.54, 1.807) is 0 Å². The van der Waals surface area contributed by atoms with Gasteiger partial charge >= 0.3 is 0 Å². The maximum atomic E-state index is 9.70. The second-order valence-electron chi connectivity index (χ2n) is 5.93. The number of nitrogens with zero attached hydrogens (tertiary/aromatic N) is 1. The summed E-state index contributed by atoms with van der Waals surface area (Å²) >= 11 is 0. The average Bonchev–Trinajstić information content (AvgIpc) is 1.95. The van der Waals surface area contributed by atoms with E-state index in [4.69, 9.17) is 0 Å². The van der Waals surface area contributed by atoms with Gasteiger partial charge in [0, 0.05) is 19.6 Å². The van der Waals surface area contributed by atoms with Crippen LogP contribution in [0.4, 0.5) is 0 Å². The van der Waals surface area contributed by atoms with E-state index in [2.05, 4.69) is 38.0 Å². The summed E-state index contributed by atoms with van der Waals surface area (Å²) in [6.45, 7) is 14.0. The minimum absolute atomic E-state index is 0.246. The van der Waals surface area contributed by atoms with Crippen molar-refractivity contribution in [2.24, 2.45) is 5.41 Å². The first kappa shape index (κ1) is 14.9. The van der Waals surface area contributed by atoms with Crippen LogP contribution in [-0.4, -0.2) is 48.8 Å². The van der Waals surface area contributed by atoms with Crippen LogP contribution >= 0.6 is 0 Å². The lowest BCUT2D eigenvalue weighted by Crippen LogP contribution is -2.44. The lowest BCUT2D eigenvalue weighted by atomic mass is 9.92. The molecule has 3 heteroatoms. The summed E-state index contributed by atoms with van der Waals surface area (Å²) in [4.78, 5) is 2.19. The monoisotopic (exact) mass is 216 g/mol. The molecule has 0 aromatic carbocycles. The molecule has 0 heterocycles. The van der Waals surface area contributed by atoms with Gasteiger partial charge < -0.3 is 15.3 Å². The standard InChI is InChI=1S/C12H28N2O/c1-7-13-8-11(2,3)9-14(6)10-12(4,5)15/h13,15H,7-10H2,1-6H3. The molecule has 0 atom stereocenters. The predicted octanol–water partition coefficient (Wildman–Crippen LogP) is 1.32. The van der Waals surface area contributed by atoms with Crippen LogP contribution in [0.15, 0.2) is 0 Å². The van der Waals surface area contributed by atoms with Crippen LogP contribution < -0.4 is 5.32 Å². The molecule has 0 bridgehead atoms. The molecule has 0 saturated heterocycles. The van der Waals surface area contributed by atoms with Crippen LogP contribution in [0.25, 0.3) is 0 Å². The van der Waals surface area contributed by atoms with Crippen molar-refractivity contribution in [2.75, 3.05) is 33.2 Å². The molecule has 3 nitrogen and oxygen atoms in total. The lowest BCUT2D eigenvalue weighted by Gasteiger charge is -2.33. The molecule has 15 heavy (non-hydrogen) atoms. The molecule has 0 amide bonds. The van der Waals surface area contributed by atoms with E-state index >= 15 is 0 Å². The number of hydrogen-bond donors (Lipinski definition) is 2. The first-order valence-electron chi connectivity index (χ1n) is 5.78. The van der Waals surface area contributed by atoms with Gasteiger partial charge in [0.05, 0.1) is 5.60 Å². The van der Waals surface area contributed by atoms with Crippen molar-refractivity contribution in [3.63, 3.8) is 0 Å². The Hall–Kier alpha value is -0.120. The summed E-state index contributed by atoms with van der Waals surface area (Å²) in [5, 5.41) is 13.1. The molecule has 0 aromatic rings. The normalized spacial score (nSPS) is 13.6. The number of likely N-dealkylation sites (N-methyl/N-ethyl adjacent to an activating group) is 1. The molecular weight excluding hydrogens is 188 g/mol. The molecular formula is C12H28N2O. The number of aliphatic hydroxyl groups is 1. The SMILES string of the molecule is CCNCC(C)(C)CN(C)CC(C)(C)O. The van der Waals surface area contributed by atoms with E-state index in [9.17, 15) is 5.11 Å². The smallest absolute Gasteiger partial charge is 0.0718 e. The molecule has 92 valence electrons. The van der Waals surface area contributed by atoms with Gasteiger partial charge in [-0.2, -0.15) is 0 Å². The maximum absolute atomic E-state index is 9.70. The Morgan fingerprint density at radius 1 is 1.13 bits per heavy atom. The van der Waals surface area contributed by atoms with Crippen LogP contribution in [0.2, 0.25) is 0 Å². The Labute approximate surface area is 94.9 Å². The molecule has 0 spiro atoms. The summed E-state index contributed by atoms with van der Waals surface area (Å²) in [6, 6.07) is 0. The summed E-state index contributed by atoms with van der Waals surface area (Å²) in [6.07, 6.45) is 0. The van der Waals surface area contributed by atoms with Crippen LogP contribution in [0.5, 0.6) is 0 Å². The van der Waals surface area contributed by atoms with E-state index in [1.165, 1.54) is 0 Å². The summed E-state index contributed by atoms with van der Waals surface area (Å²) in [5.41, 5.74) is -0.362. The molecule has 0 unspecified atom stereocenters. The van der Waals surface area contributed by atoms with Crippen molar-refractivity contribution in [3.05, 3.63) is 0 Å². The van der Waals surface area contributed by atoms with Crippen molar-refractivity contribution in [1.82, 2.24) is 10.2 Å². The van der Waals surface area contributed by atoms with E-state index in [1.807, 2.05) is 13.8 Å². The first-order valence-corrected chi connectivity index (χ1v) is 5.78. The largest absolute Gasteiger partial charge is 0.389 e. The van der Waals surface area contributed by atoms with Crippen molar-refractivity contribution >= 4 is 0 Å². The maximum Gasteiger partial charge on any atom is 0.0718 e. The molecule has 0 aromatic heterocycles. The third kappa shape index (κ3) is 8.85. The van der Waals surface area contributed by atoms with Crippen molar-refractivity contribution in [2.45, 2.75) is 40.2 Å². The Balaban J connectivity index is 3.98. The highest BCUT2D eigenvalue weighted by atomic mass is 16.3. The third-order valence-electron chi connectivity index (χ3n) is 2.21. The Kier molecular flexibility index (Phi) is 5.78. The third-order valence-corrected chi connectivity index (χ3v) is 2.21. The zero-order chi connectivity index (χ0) is 12.1. The second-order valence-corrected chi connectivity index (χ2v) is 5.93. The van der Waals surface area contributed by atoms with E-state index in [-0.39, 0.29) is 5.41 Å². The Morgan fingerprint density at radius 2 is 1.67 bits per heavy atom. The fraction of sp³-hybridized carbons (Fsp3) is 1.00. The van der Waals surface area contributed by atoms with Crippen molar-refractivity contribution in [3.8, 4) is 0 Å². The molecule has 0 rings (SSSR count). The zero-order valence-corrected chi connectivity index (χ0v) is 11.2. The average molecular weight is 216 g/mol. The van der Waals surface area contributed by atoms with Crippen LogP contribution in [0, 0.1) is 5.41 Å². The fourth-order valence-corrected chi connectivity index (χ4v) is 1.97. The summed E-state index contributed by atoms with van der Waals surface area (Å²) in [5.74, 6) is 0. The minimum atomic E-state index is -0.608. The summed E-state index contributed by atoms with van der Waals surface area (Å²) in [7, 11) is 2.06. The molecule has 0 fully saturated rings. The Morgan fingerprint density at radius 3 is 2.07 bits per heavy atom. The molecule has 0 aliphatic rings. The van der Waals surface area contributed by atoms with Gasteiger partial charge in [0.15, 0.2) is 0 Å². The predicted molar refractivity (Wildman–Crippen MR) is 66.1 cm³/mol. The van der Waals surface area contributed by atoms with Crippen LogP contribution in [-0.2, 0) is 0 Å². The van der Waals surface area contributed by atoms with Crippen LogP contribution in [0.1, 0.15) is 34.6 Å². The molecule has 0 aliphatic carbocycles. The van der Waals surface area contributed by atoms with Crippen LogP contribution in [0.3, 0.4) is 0 Å². The van der Waals surface area contributed by atoms with Gasteiger partial charge in [-0.15, -0.1) is 0 Å². The highest BCUT2D eigenvalue weighted by Crippen LogP contribution is 2.16. The van der Waals surface area contributed by atoms with E-state index < -0.39 is 5.60 Å². The first-order chi connectivity index (χ1) is 6.66. The number of rotatable bonds is 7. The highest BCUT2D eigenvalue weighted by molar-refractivity contribution is 4.78. The van der Waals surface area contributed by atoms with Crippen molar-refractivity contribution in [1.29, 1.82) is 0 Å². The second kappa shape index (κ2) is 5.83. The van der Waals surface area contributed by atoms with Gasteiger partial charge in [-0.05, 0) is 32.9 Å². The van der Waals surface area contributed by atoms with E-state index in [0.717, 1.165) is 19.6 Å². The molecule has 0 saturated carbocycles. The summed E-state index contributed by atoms with van der Waals surface area (Å²) < 4.78 is 0. The van der Waals surface area contributed by atoms with Gasteiger partial charge in [-0.1, -0.05) is 20.8 Å².